The molecule has 2 aromatic rings. The van der Waals surface area contributed by atoms with Gasteiger partial charge in [-0.2, -0.15) is 0 Å². The average Bonchev–Trinajstić information content (AvgIpc) is 2.79. The predicted molar refractivity (Wildman–Crippen MR) is 116 cm³/mol. The summed E-state index contributed by atoms with van der Waals surface area (Å²) in [7, 11) is 1.84. The first-order valence-corrected chi connectivity index (χ1v) is 10.1. The Kier molecular flexibility index (Phi) is 5.78. The monoisotopic (exact) mass is 379 g/mol. The molecule has 1 amide bonds. The van der Waals surface area contributed by atoms with Crippen molar-refractivity contribution in [2.75, 3.05) is 74.1 Å². The molecule has 2 aromatic carbocycles. The van der Waals surface area contributed by atoms with E-state index in [9.17, 15) is 4.79 Å². The van der Waals surface area contributed by atoms with E-state index < -0.39 is 0 Å². The molecule has 0 unspecified atom stereocenters. The highest BCUT2D eigenvalue weighted by Crippen LogP contribution is 2.23. The van der Waals surface area contributed by atoms with Crippen molar-refractivity contribution in [2.45, 2.75) is 0 Å². The van der Waals surface area contributed by atoms with Gasteiger partial charge in [-0.05, 0) is 48.5 Å². The van der Waals surface area contributed by atoms with Gasteiger partial charge in [0.1, 0.15) is 0 Å². The SMILES string of the molecule is CN(C(=O)c1ccc(N2CCNCC2)cc1)c1ccc(N2CCNCC2)cc1. The minimum atomic E-state index is 0.0155. The molecule has 0 aliphatic carbocycles. The maximum atomic E-state index is 12.9. The maximum absolute atomic E-state index is 12.9. The lowest BCUT2D eigenvalue weighted by Gasteiger charge is -2.30. The second-order valence-electron chi connectivity index (χ2n) is 7.40. The fraction of sp³-hybridized carbons (Fsp3) is 0.409. The Balaban J connectivity index is 1.42. The summed E-state index contributed by atoms with van der Waals surface area (Å²) in [5.74, 6) is 0.0155. The molecule has 2 N–H and O–H groups in total. The fourth-order valence-electron chi connectivity index (χ4n) is 3.86. The first-order valence-electron chi connectivity index (χ1n) is 10.1. The minimum absolute atomic E-state index is 0.0155. The summed E-state index contributed by atoms with van der Waals surface area (Å²) in [6.07, 6.45) is 0. The molecule has 0 bridgehead atoms. The highest BCUT2D eigenvalue weighted by molar-refractivity contribution is 6.06. The van der Waals surface area contributed by atoms with E-state index in [0.29, 0.717) is 5.56 Å². The van der Waals surface area contributed by atoms with Crippen molar-refractivity contribution >= 4 is 23.0 Å². The summed E-state index contributed by atoms with van der Waals surface area (Å²) < 4.78 is 0. The number of amides is 1. The Hall–Kier alpha value is -2.57. The molecular weight excluding hydrogens is 350 g/mol. The standard InChI is InChI=1S/C22H29N5O/c1-25(19-6-8-21(9-7-19)27-16-12-24-13-17-27)22(28)18-2-4-20(5-3-18)26-14-10-23-11-15-26/h2-9,23-24H,10-17H2,1H3. The molecule has 2 aliphatic heterocycles. The van der Waals surface area contributed by atoms with Gasteiger partial charge in [0.05, 0.1) is 0 Å². The molecule has 2 fully saturated rings. The van der Waals surface area contributed by atoms with E-state index in [-0.39, 0.29) is 5.91 Å². The fourth-order valence-corrected chi connectivity index (χ4v) is 3.86. The zero-order valence-corrected chi connectivity index (χ0v) is 16.5. The number of nitrogens with zero attached hydrogens (tertiary/aromatic N) is 3. The number of benzene rings is 2. The van der Waals surface area contributed by atoms with E-state index in [0.717, 1.165) is 58.0 Å². The number of rotatable bonds is 4. The summed E-state index contributed by atoms with van der Waals surface area (Å²) in [6.45, 7) is 8.11. The molecule has 2 saturated heterocycles. The number of nitrogens with one attached hydrogen (secondary N) is 2. The minimum Gasteiger partial charge on any atom is -0.369 e. The molecule has 6 heteroatoms. The van der Waals surface area contributed by atoms with Crippen molar-refractivity contribution in [2.24, 2.45) is 0 Å². The Morgan fingerprint density at radius 1 is 0.750 bits per heavy atom. The Labute approximate surface area is 167 Å². The van der Waals surface area contributed by atoms with Crippen LogP contribution in [0.4, 0.5) is 17.1 Å². The summed E-state index contributed by atoms with van der Waals surface area (Å²) in [5, 5.41) is 6.73. The third-order valence-electron chi connectivity index (χ3n) is 5.62. The third-order valence-corrected chi connectivity index (χ3v) is 5.62. The Morgan fingerprint density at radius 3 is 1.64 bits per heavy atom. The molecule has 148 valence electrons. The maximum Gasteiger partial charge on any atom is 0.258 e. The summed E-state index contributed by atoms with van der Waals surface area (Å²) in [5.41, 5.74) is 4.02. The van der Waals surface area contributed by atoms with Gasteiger partial charge >= 0.3 is 0 Å². The zero-order valence-electron chi connectivity index (χ0n) is 16.5. The lowest BCUT2D eigenvalue weighted by Crippen LogP contribution is -2.43. The van der Waals surface area contributed by atoms with Gasteiger partial charge in [0, 0.05) is 82.0 Å². The molecular formula is C22H29N5O. The first-order chi connectivity index (χ1) is 13.7. The number of carbonyl (C=O) groups excluding carboxylic acids is 1. The normalized spacial score (nSPS) is 17.5. The van der Waals surface area contributed by atoms with E-state index in [1.807, 2.05) is 31.3 Å². The van der Waals surface area contributed by atoms with E-state index in [1.54, 1.807) is 4.90 Å². The average molecular weight is 380 g/mol. The number of anilines is 3. The number of hydrogen-bond donors (Lipinski definition) is 2. The summed E-state index contributed by atoms with van der Waals surface area (Å²) >= 11 is 0. The lowest BCUT2D eigenvalue weighted by molar-refractivity contribution is 0.0993. The number of piperazine rings is 2. The second-order valence-corrected chi connectivity index (χ2v) is 7.40. The number of hydrogen-bond acceptors (Lipinski definition) is 5. The van der Waals surface area contributed by atoms with E-state index in [1.165, 1.54) is 11.4 Å². The highest BCUT2D eigenvalue weighted by atomic mass is 16.2. The van der Waals surface area contributed by atoms with Crippen molar-refractivity contribution in [3.63, 3.8) is 0 Å². The molecule has 2 heterocycles. The van der Waals surface area contributed by atoms with Crippen molar-refractivity contribution in [3.8, 4) is 0 Å². The Bertz CT molecular complexity index is 778. The molecule has 0 spiro atoms. The zero-order chi connectivity index (χ0) is 19.3. The van der Waals surface area contributed by atoms with Crippen LogP contribution in [0.25, 0.3) is 0 Å². The summed E-state index contributed by atoms with van der Waals surface area (Å²) in [4.78, 5) is 19.3. The van der Waals surface area contributed by atoms with E-state index in [4.69, 9.17) is 0 Å². The van der Waals surface area contributed by atoms with Crippen LogP contribution in [-0.4, -0.2) is 65.3 Å². The quantitative estimate of drug-likeness (QED) is 0.848. The third kappa shape index (κ3) is 4.13. The molecule has 6 nitrogen and oxygen atoms in total. The van der Waals surface area contributed by atoms with Crippen LogP contribution >= 0.6 is 0 Å². The molecule has 0 radical (unpaired) electrons. The van der Waals surface area contributed by atoms with Crippen LogP contribution in [0.3, 0.4) is 0 Å². The second kappa shape index (κ2) is 8.63. The largest absolute Gasteiger partial charge is 0.369 e. The molecule has 28 heavy (non-hydrogen) atoms. The van der Waals surface area contributed by atoms with Crippen LogP contribution in [0, 0.1) is 0 Å². The smallest absolute Gasteiger partial charge is 0.258 e. The van der Waals surface area contributed by atoms with Crippen molar-refractivity contribution in [3.05, 3.63) is 54.1 Å². The molecule has 0 atom stereocenters. The molecule has 0 saturated carbocycles. The van der Waals surface area contributed by atoms with Crippen LogP contribution in [0.5, 0.6) is 0 Å². The van der Waals surface area contributed by atoms with Gasteiger partial charge < -0.3 is 25.3 Å². The van der Waals surface area contributed by atoms with Crippen LogP contribution < -0.4 is 25.3 Å². The first kappa shape index (κ1) is 18.8. The van der Waals surface area contributed by atoms with Gasteiger partial charge in [-0.1, -0.05) is 0 Å². The van der Waals surface area contributed by atoms with E-state index in [2.05, 4.69) is 44.7 Å². The molecule has 0 aromatic heterocycles. The van der Waals surface area contributed by atoms with Crippen LogP contribution in [0.2, 0.25) is 0 Å². The van der Waals surface area contributed by atoms with Gasteiger partial charge in [0.2, 0.25) is 0 Å². The summed E-state index contributed by atoms with van der Waals surface area (Å²) in [6, 6.07) is 16.3. The van der Waals surface area contributed by atoms with Crippen LogP contribution in [0.15, 0.2) is 48.5 Å². The van der Waals surface area contributed by atoms with Gasteiger partial charge in [-0.25, -0.2) is 0 Å². The topological polar surface area (TPSA) is 50.9 Å². The van der Waals surface area contributed by atoms with E-state index >= 15 is 0 Å². The Morgan fingerprint density at radius 2 is 1.18 bits per heavy atom. The lowest BCUT2D eigenvalue weighted by atomic mass is 10.1. The van der Waals surface area contributed by atoms with Crippen LogP contribution in [-0.2, 0) is 0 Å². The molecule has 4 rings (SSSR count). The number of carbonyl (C=O) groups is 1. The highest BCUT2D eigenvalue weighted by Gasteiger charge is 2.16. The van der Waals surface area contributed by atoms with Gasteiger partial charge in [0.15, 0.2) is 0 Å². The van der Waals surface area contributed by atoms with Gasteiger partial charge in [-0.15, -0.1) is 0 Å². The van der Waals surface area contributed by atoms with Crippen LogP contribution in [0.1, 0.15) is 10.4 Å². The van der Waals surface area contributed by atoms with Crippen molar-refractivity contribution < 1.29 is 4.79 Å². The van der Waals surface area contributed by atoms with Gasteiger partial charge in [-0.3, -0.25) is 4.79 Å². The molecule has 2 aliphatic rings. The predicted octanol–water partition coefficient (Wildman–Crippen LogP) is 1.78. The van der Waals surface area contributed by atoms with Crippen molar-refractivity contribution in [1.82, 2.24) is 10.6 Å². The van der Waals surface area contributed by atoms with Crippen molar-refractivity contribution in [1.29, 1.82) is 0 Å². The van der Waals surface area contributed by atoms with Gasteiger partial charge in [0.25, 0.3) is 5.91 Å².